The molecular formula is C19H14Cl2O4. The summed E-state index contributed by atoms with van der Waals surface area (Å²) in [5.74, 6) is -1.47. The van der Waals surface area contributed by atoms with Crippen LogP contribution in [0.4, 0.5) is 0 Å². The van der Waals surface area contributed by atoms with E-state index in [0.29, 0.717) is 37.7 Å². The average molecular weight is 377 g/mol. The molecule has 128 valence electrons. The van der Waals surface area contributed by atoms with Gasteiger partial charge in [0.2, 0.25) is 0 Å². The van der Waals surface area contributed by atoms with Crippen LogP contribution in [0.15, 0.2) is 45.6 Å². The molecule has 4 nitrogen and oxygen atoms in total. The van der Waals surface area contributed by atoms with Crippen LogP contribution >= 0.6 is 23.2 Å². The zero-order valence-corrected chi connectivity index (χ0v) is 15.0. The molecule has 0 aliphatic carbocycles. The molecule has 1 aromatic heterocycles. The Morgan fingerprint density at radius 1 is 1.12 bits per heavy atom. The monoisotopic (exact) mass is 376 g/mol. The first-order chi connectivity index (χ1) is 11.8. The van der Waals surface area contributed by atoms with E-state index in [0.717, 1.165) is 0 Å². The molecule has 0 saturated heterocycles. The summed E-state index contributed by atoms with van der Waals surface area (Å²) < 4.78 is 5.39. The maximum Gasteiger partial charge on any atom is 0.351 e. The van der Waals surface area contributed by atoms with E-state index in [1.165, 1.54) is 0 Å². The summed E-state index contributed by atoms with van der Waals surface area (Å²) in [4.78, 5) is 23.9. The number of aromatic carboxylic acids is 1. The summed E-state index contributed by atoms with van der Waals surface area (Å²) in [5.41, 5.74) is 0.878. The standard InChI is InChI=1S/C19H14Cl2O4/c1-9(2)15-14-5-3-4-13(10-6-11(20)8-12(21)7-10)17(14)25-19(24)16(15)18(22)23/h3-9H,1-2H3,(H,22,23). The number of carbonyl (C=O) groups is 1. The van der Waals surface area contributed by atoms with E-state index < -0.39 is 11.6 Å². The Balaban J connectivity index is 2.45. The Bertz CT molecular complexity index is 1030. The van der Waals surface area contributed by atoms with Gasteiger partial charge in [-0.25, -0.2) is 9.59 Å². The van der Waals surface area contributed by atoms with Gasteiger partial charge in [-0.05, 0) is 35.2 Å². The van der Waals surface area contributed by atoms with Crippen LogP contribution in [0.2, 0.25) is 10.0 Å². The lowest BCUT2D eigenvalue weighted by Gasteiger charge is -2.14. The van der Waals surface area contributed by atoms with Gasteiger partial charge in [-0.1, -0.05) is 55.2 Å². The molecule has 1 N–H and O–H groups in total. The predicted molar refractivity (Wildman–Crippen MR) is 99.0 cm³/mol. The molecule has 0 amide bonds. The number of carboxylic acid groups (broad SMARTS) is 1. The molecule has 0 radical (unpaired) electrons. The number of fused-ring (bicyclic) bond motifs is 1. The van der Waals surface area contributed by atoms with Crippen LogP contribution < -0.4 is 5.63 Å². The van der Waals surface area contributed by atoms with Crippen molar-refractivity contribution in [2.75, 3.05) is 0 Å². The molecule has 0 spiro atoms. The highest BCUT2D eigenvalue weighted by molar-refractivity contribution is 6.35. The molecule has 0 aliphatic heterocycles. The fourth-order valence-corrected chi connectivity index (χ4v) is 3.51. The number of carboxylic acids is 1. The Morgan fingerprint density at radius 3 is 2.32 bits per heavy atom. The highest BCUT2D eigenvalue weighted by atomic mass is 35.5. The van der Waals surface area contributed by atoms with Gasteiger partial charge in [-0.2, -0.15) is 0 Å². The van der Waals surface area contributed by atoms with E-state index in [9.17, 15) is 14.7 Å². The van der Waals surface area contributed by atoms with E-state index in [-0.39, 0.29) is 11.5 Å². The van der Waals surface area contributed by atoms with Crippen molar-refractivity contribution < 1.29 is 14.3 Å². The number of benzene rings is 2. The van der Waals surface area contributed by atoms with Gasteiger partial charge in [0.15, 0.2) is 0 Å². The van der Waals surface area contributed by atoms with E-state index in [2.05, 4.69) is 0 Å². The molecule has 0 unspecified atom stereocenters. The Morgan fingerprint density at radius 2 is 1.76 bits per heavy atom. The summed E-state index contributed by atoms with van der Waals surface area (Å²) in [6.07, 6.45) is 0. The molecule has 0 bridgehead atoms. The van der Waals surface area contributed by atoms with Crippen molar-refractivity contribution in [3.63, 3.8) is 0 Å². The minimum absolute atomic E-state index is 0.170. The highest BCUT2D eigenvalue weighted by Crippen LogP contribution is 2.35. The normalized spacial score (nSPS) is 11.2. The molecule has 3 aromatic rings. The molecular weight excluding hydrogens is 363 g/mol. The van der Waals surface area contributed by atoms with E-state index in [1.807, 2.05) is 13.8 Å². The van der Waals surface area contributed by atoms with Crippen molar-refractivity contribution in [3.05, 3.63) is 68.0 Å². The van der Waals surface area contributed by atoms with Crippen LogP contribution in [0.3, 0.4) is 0 Å². The van der Waals surface area contributed by atoms with Crippen molar-refractivity contribution in [1.82, 2.24) is 0 Å². The highest BCUT2D eigenvalue weighted by Gasteiger charge is 2.23. The van der Waals surface area contributed by atoms with Crippen LogP contribution in [-0.4, -0.2) is 11.1 Å². The summed E-state index contributed by atoms with van der Waals surface area (Å²) >= 11 is 12.2. The number of halogens is 2. The summed E-state index contributed by atoms with van der Waals surface area (Å²) in [7, 11) is 0. The largest absolute Gasteiger partial charge is 0.477 e. The maximum atomic E-state index is 12.3. The van der Waals surface area contributed by atoms with Crippen molar-refractivity contribution in [2.24, 2.45) is 0 Å². The van der Waals surface area contributed by atoms with E-state index in [4.69, 9.17) is 27.6 Å². The summed E-state index contributed by atoms with van der Waals surface area (Å²) in [5, 5.41) is 10.9. The van der Waals surface area contributed by atoms with Gasteiger partial charge in [0.05, 0.1) is 0 Å². The number of hydrogen-bond donors (Lipinski definition) is 1. The van der Waals surface area contributed by atoms with Crippen LogP contribution in [0.1, 0.15) is 35.7 Å². The molecule has 6 heteroatoms. The van der Waals surface area contributed by atoms with Gasteiger partial charge in [-0.3, -0.25) is 0 Å². The van der Waals surface area contributed by atoms with Gasteiger partial charge in [0.25, 0.3) is 0 Å². The van der Waals surface area contributed by atoms with Crippen molar-refractivity contribution in [2.45, 2.75) is 19.8 Å². The van der Waals surface area contributed by atoms with Crippen LogP contribution in [-0.2, 0) is 0 Å². The first kappa shape index (κ1) is 17.5. The fraction of sp³-hybridized carbons (Fsp3) is 0.158. The first-order valence-electron chi connectivity index (χ1n) is 7.59. The van der Waals surface area contributed by atoms with Gasteiger partial charge < -0.3 is 9.52 Å². The molecule has 3 rings (SSSR count). The second-order valence-electron chi connectivity index (χ2n) is 5.98. The SMILES string of the molecule is CC(C)c1c(C(=O)O)c(=O)oc2c(-c3cc(Cl)cc(Cl)c3)cccc12. The van der Waals surface area contributed by atoms with Gasteiger partial charge in [0.1, 0.15) is 11.1 Å². The second-order valence-corrected chi connectivity index (χ2v) is 6.85. The van der Waals surface area contributed by atoms with E-state index in [1.54, 1.807) is 36.4 Å². The second kappa shape index (κ2) is 6.54. The smallest absolute Gasteiger partial charge is 0.351 e. The van der Waals surface area contributed by atoms with Gasteiger partial charge in [-0.15, -0.1) is 0 Å². The van der Waals surface area contributed by atoms with Crippen LogP contribution in [0, 0.1) is 0 Å². The summed E-state index contributed by atoms with van der Waals surface area (Å²) in [6, 6.07) is 10.3. The van der Waals surface area contributed by atoms with Crippen LogP contribution in [0.5, 0.6) is 0 Å². The van der Waals surface area contributed by atoms with Crippen molar-refractivity contribution in [3.8, 4) is 11.1 Å². The lowest BCUT2D eigenvalue weighted by atomic mass is 9.92. The average Bonchev–Trinajstić information content (AvgIpc) is 2.51. The molecule has 2 aromatic carbocycles. The van der Waals surface area contributed by atoms with Crippen molar-refractivity contribution in [1.29, 1.82) is 0 Å². The number of hydrogen-bond acceptors (Lipinski definition) is 3. The molecule has 0 saturated carbocycles. The van der Waals surface area contributed by atoms with Gasteiger partial charge in [0, 0.05) is 21.0 Å². The third kappa shape index (κ3) is 3.15. The molecule has 0 atom stereocenters. The van der Waals surface area contributed by atoms with Gasteiger partial charge >= 0.3 is 11.6 Å². The number of rotatable bonds is 3. The minimum atomic E-state index is -1.30. The lowest BCUT2D eigenvalue weighted by molar-refractivity contribution is 0.0691. The molecule has 1 heterocycles. The molecule has 0 aliphatic rings. The number of para-hydroxylation sites is 1. The van der Waals surface area contributed by atoms with Crippen molar-refractivity contribution >= 4 is 40.1 Å². The third-order valence-corrected chi connectivity index (χ3v) is 4.37. The molecule has 0 fully saturated rings. The predicted octanol–water partition coefficient (Wildman–Crippen LogP) is 5.59. The molecule has 25 heavy (non-hydrogen) atoms. The zero-order valence-electron chi connectivity index (χ0n) is 13.5. The Kier molecular flexibility index (Phi) is 4.58. The Hall–Kier alpha value is -2.30. The zero-order chi connectivity index (χ0) is 18.3. The topological polar surface area (TPSA) is 67.5 Å². The third-order valence-electron chi connectivity index (χ3n) is 3.94. The fourth-order valence-electron chi connectivity index (χ4n) is 2.99. The first-order valence-corrected chi connectivity index (χ1v) is 8.34. The lowest BCUT2D eigenvalue weighted by Crippen LogP contribution is -2.18. The Labute approximate surface area is 153 Å². The minimum Gasteiger partial charge on any atom is -0.477 e. The van der Waals surface area contributed by atoms with Crippen LogP contribution in [0.25, 0.3) is 22.1 Å². The van der Waals surface area contributed by atoms with E-state index >= 15 is 0 Å². The maximum absolute atomic E-state index is 12.3. The quantitative estimate of drug-likeness (QED) is 0.605. The summed E-state index contributed by atoms with van der Waals surface area (Å²) in [6.45, 7) is 3.67.